The zero-order chi connectivity index (χ0) is 15.8. The van der Waals surface area contributed by atoms with Gasteiger partial charge >= 0.3 is 0 Å². The molecule has 0 saturated heterocycles. The van der Waals surface area contributed by atoms with Crippen molar-refractivity contribution in [3.63, 3.8) is 0 Å². The van der Waals surface area contributed by atoms with Crippen molar-refractivity contribution in [1.29, 1.82) is 5.26 Å². The number of nitriles is 1. The highest BCUT2D eigenvalue weighted by Crippen LogP contribution is 2.24. The SMILES string of the molecule is N#CC(C1=CC=CCC1=S)=C(C(=S)C=CCl)C(=S)C=CCl. The Hall–Kier alpha value is -0.960. The van der Waals surface area contributed by atoms with Gasteiger partial charge in [0.1, 0.15) is 6.07 Å². The fourth-order valence-corrected chi connectivity index (χ4v) is 2.96. The lowest BCUT2D eigenvalue weighted by Crippen LogP contribution is -2.13. The molecule has 0 atom stereocenters. The first kappa shape index (κ1) is 18.1. The normalized spacial score (nSPS) is 14.1. The van der Waals surface area contributed by atoms with Crippen LogP contribution in [0.2, 0.25) is 0 Å². The number of halogens is 2. The molecule has 0 bridgehead atoms. The zero-order valence-electron chi connectivity index (χ0n) is 10.7. The van der Waals surface area contributed by atoms with Gasteiger partial charge in [-0.05, 0) is 12.2 Å². The van der Waals surface area contributed by atoms with E-state index in [1.165, 1.54) is 23.2 Å². The Morgan fingerprint density at radius 1 is 1.19 bits per heavy atom. The molecule has 0 saturated carbocycles. The smallest absolute Gasteiger partial charge is 0.101 e. The summed E-state index contributed by atoms with van der Waals surface area (Å²) >= 11 is 27.0. The monoisotopic (exact) mass is 369 g/mol. The average Bonchev–Trinajstić information content (AvgIpc) is 2.46. The minimum atomic E-state index is 0.337. The number of thiocarbonyl (C=S) groups is 3. The molecule has 0 heterocycles. The highest BCUT2D eigenvalue weighted by Gasteiger charge is 2.20. The molecule has 0 spiro atoms. The van der Waals surface area contributed by atoms with Gasteiger partial charge in [-0.1, -0.05) is 78.1 Å². The molecule has 1 rings (SSSR count). The van der Waals surface area contributed by atoms with Crippen LogP contribution in [0.5, 0.6) is 0 Å². The minimum absolute atomic E-state index is 0.337. The van der Waals surface area contributed by atoms with E-state index in [4.69, 9.17) is 59.9 Å². The fraction of sp³-hybridized carbons (Fsp3) is 0.0667. The lowest BCUT2D eigenvalue weighted by atomic mass is 9.91. The van der Waals surface area contributed by atoms with E-state index in [0.717, 1.165) is 0 Å². The number of rotatable bonds is 5. The number of nitrogens with zero attached hydrogens (tertiary/aromatic N) is 1. The summed E-state index contributed by atoms with van der Waals surface area (Å²) < 4.78 is 0. The third-order valence-electron chi connectivity index (χ3n) is 2.56. The molecular weight excluding hydrogens is 361 g/mol. The molecular formula is C15H9Cl2NS3. The Kier molecular flexibility index (Phi) is 7.87. The van der Waals surface area contributed by atoms with Crippen LogP contribution in [0.4, 0.5) is 0 Å². The van der Waals surface area contributed by atoms with Crippen LogP contribution in [0, 0.1) is 11.3 Å². The summed E-state index contributed by atoms with van der Waals surface area (Å²) in [4.78, 5) is 1.39. The molecule has 0 radical (unpaired) electrons. The summed E-state index contributed by atoms with van der Waals surface area (Å²) in [5.41, 5.74) is 3.97. The molecule has 1 aliphatic carbocycles. The summed E-state index contributed by atoms with van der Waals surface area (Å²) in [6, 6.07) is 2.14. The van der Waals surface area contributed by atoms with Crippen LogP contribution in [-0.4, -0.2) is 14.6 Å². The lowest BCUT2D eigenvalue weighted by molar-refractivity contribution is 1.41. The highest BCUT2D eigenvalue weighted by atomic mass is 35.5. The summed E-state index contributed by atoms with van der Waals surface area (Å²) in [5.74, 6) is 0. The summed E-state index contributed by atoms with van der Waals surface area (Å²) in [5, 5.41) is 9.53. The van der Waals surface area contributed by atoms with E-state index in [1.54, 1.807) is 6.08 Å². The first-order valence-corrected chi connectivity index (χ1v) is 7.83. The molecule has 0 N–H and O–H groups in total. The molecule has 1 nitrogen and oxygen atoms in total. The van der Waals surface area contributed by atoms with Gasteiger partial charge in [0.15, 0.2) is 0 Å². The molecule has 106 valence electrons. The van der Waals surface area contributed by atoms with Gasteiger partial charge in [-0.2, -0.15) is 5.26 Å². The molecule has 0 aromatic rings. The molecule has 6 heteroatoms. The van der Waals surface area contributed by atoms with Crippen molar-refractivity contribution < 1.29 is 0 Å². The Bertz CT molecular complexity index is 648. The predicted molar refractivity (Wildman–Crippen MR) is 102 cm³/mol. The first-order valence-electron chi connectivity index (χ1n) is 5.73. The van der Waals surface area contributed by atoms with Crippen molar-refractivity contribution in [2.45, 2.75) is 6.42 Å². The van der Waals surface area contributed by atoms with Gasteiger partial charge < -0.3 is 0 Å². The van der Waals surface area contributed by atoms with Crippen molar-refractivity contribution in [3.8, 4) is 6.07 Å². The van der Waals surface area contributed by atoms with E-state index < -0.39 is 0 Å². The van der Waals surface area contributed by atoms with E-state index >= 15 is 0 Å². The molecule has 0 aliphatic heterocycles. The second-order valence-electron chi connectivity index (χ2n) is 3.81. The Morgan fingerprint density at radius 2 is 1.76 bits per heavy atom. The van der Waals surface area contributed by atoms with Crippen LogP contribution >= 0.6 is 59.9 Å². The molecule has 0 unspecified atom stereocenters. The maximum absolute atomic E-state index is 9.53. The van der Waals surface area contributed by atoms with Gasteiger partial charge in [0.2, 0.25) is 0 Å². The van der Waals surface area contributed by atoms with Crippen molar-refractivity contribution in [1.82, 2.24) is 0 Å². The molecule has 0 aromatic heterocycles. The topological polar surface area (TPSA) is 23.8 Å². The van der Waals surface area contributed by atoms with Crippen LogP contribution in [-0.2, 0) is 0 Å². The molecule has 21 heavy (non-hydrogen) atoms. The lowest BCUT2D eigenvalue weighted by Gasteiger charge is -2.14. The Balaban J connectivity index is 3.56. The van der Waals surface area contributed by atoms with Gasteiger partial charge in [-0.25, -0.2) is 0 Å². The summed E-state index contributed by atoms with van der Waals surface area (Å²) in [6.45, 7) is 0. The second-order valence-corrected chi connectivity index (χ2v) is 5.69. The summed E-state index contributed by atoms with van der Waals surface area (Å²) in [6.07, 6.45) is 9.16. The molecule has 0 fully saturated rings. The minimum Gasteiger partial charge on any atom is -0.192 e. The maximum atomic E-state index is 9.53. The summed E-state index contributed by atoms with van der Waals surface area (Å²) in [7, 11) is 0. The third kappa shape index (κ3) is 4.77. The van der Waals surface area contributed by atoms with E-state index in [1.807, 2.05) is 12.2 Å². The van der Waals surface area contributed by atoms with Crippen molar-refractivity contribution in [2.75, 3.05) is 0 Å². The van der Waals surface area contributed by atoms with Gasteiger partial charge in [-0.15, -0.1) is 0 Å². The molecule has 1 aliphatic rings. The second kappa shape index (κ2) is 9.14. The van der Waals surface area contributed by atoms with E-state index in [-0.39, 0.29) is 0 Å². The zero-order valence-corrected chi connectivity index (χ0v) is 14.6. The van der Waals surface area contributed by atoms with Gasteiger partial charge in [0, 0.05) is 43.2 Å². The molecule has 0 aromatic carbocycles. The van der Waals surface area contributed by atoms with E-state index in [0.29, 0.717) is 37.7 Å². The van der Waals surface area contributed by atoms with Crippen LogP contribution in [0.3, 0.4) is 0 Å². The largest absolute Gasteiger partial charge is 0.192 e. The number of hydrogen-bond acceptors (Lipinski definition) is 4. The average molecular weight is 370 g/mol. The van der Waals surface area contributed by atoms with Crippen molar-refractivity contribution in [3.05, 3.63) is 58.2 Å². The third-order valence-corrected chi connectivity index (χ3v) is 3.87. The van der Waals surface area contributed by atoms with Crippen LogP contribution < -0.4 is 0 Å². The quantitative estimate of drug-likeness (QED) is 0.372. The highest BCUT2D eigenvalue weighted by molar-refractivity contribution is 7.83. The number of hydrogen-bond donors (Lipinski definition) is 0. The fourth-order valence-electron chi connectivity index (χ4n) is 1.66. The van der Waals surface area contributed by atoms with Gasteiger partial charge in [0.05, 0.1) is 5.57 Å². The Morgan fingerprint density at radius 3 is 2.19 bits per heavy atom. The van der Waals surface area contributed by atoms with Gasteiger partial charge in [0.25, 0.3) is 0 Å². The van der Waals surface area contributed by atoms with Crippen LogP contribution in [0.15, 0.2) is 58.2 Å². The van der Waals surface area contributed by atoms with E-state index in [2.05, 4.69) is 6.07 Å². The molecule has 0 amide bonds. The Labute approximate surface area is 149 Å². The standard InChI is InChI=1S/C15H9Cl2NS3/c16-7-5-13(20)15(14(21)6-8-17)11(9-18)10-3-1-2-4-12(10)19/h1-3,5-8H,4H2. The maximum Gasteiger partial charge on any atom is 0.101 e. The van der Waals surface area contributed by atoms with E-state index in [9.17, 15) is 5.26 Å². The van der Waals surface area contributed by atoms with Crippen LogP contribution in [0.25, 0.3) is 0 Å². The number of allylic oxidation sites excluding steroid dienone is 8. The van der Waals surface area contributed by atoms with Crippen molar-refractivity contribution in [2.24, 2.45) is 0 Å². The van der Waals surface area contributed by atoms with Crippen molar-refractivity contribution >= 4 is 74.4 Å². The first-order chi connectivity index (χ1) is 10.1. The van der Waals surface area contributed by atoms with Crippen LogP contribution in [0.1, 0.15) is 6.42 Å². The van der Waals surface area contributed by atoms with Gasteiger partial charge in [-0.3, -0.25) is 0 Å². The predicted octanol–water partition coefficient (Wildman–Crippen LogP) is 5.31.